The van der Waals surface area contributed by atoms with Crippen molar-refractivity contribution < 1.29 is 41.4 Å². The van der Waals surface area contributed by atoms with Gasteiger partial charge in [0, 0.05) is 119 Å². The number of rotatable bonds is 8. The molecule has 0 aliphatic carbocycles. The van der Waals surface area contributed by atoms with Crippen LogP contribution >= 0.6 is 0 Å². The lowest BCUT2D eigenvalue weighted by molar-refractivity contribution is -0.666. The largest absolute Gasteiger partial charge is 0.456 e. The zero-order valence-electron chi connectivity index (χ0n) is 76.3. The highest BCUT2D eigenvalue weighted by molar-refractivity contribution is 6.20. The fraction of sp³-hybridized carbons (Fsp3) is 0.143. The third kappa shape index (κ3) is 14.6. The minimum absolute atomic E-state index is 0.328. The summed E-state index contributed by atoms with van der Waals surface area (Å²) in [5, 5.41) is 8.07. The van der Waals surface area contributed by atoms with Crippen LogP contribution in [-0.4, -0.2) is 0 Å². The van der Waals surface area contributed by atoms with Gasteiger partial charge in [-0.2, -0.15) is 18.3 Å². The van der Waals surface area contributed by atoms with Gasteiger partial charge < -0.3 is 17.7 Å². The van der Waals surface area contributed by atoms with Gasteiger partial charge in [-0.05, 0) is 187 Å². The van der Waals surface area contributed by atoms with Crippen molar-refractivity contribution in [1.82, 2.24) is 0 Å². The molecule has 0 saturated heterocycles. The molecule has 20 rings (SSSR count). The number of hydrogen-bond acceptors (Lipinski definition) is 4. The molecule has 0 aliphatic heterocycles. The summed E-state index contributed by atoms with van der Waals surface area (Å²) in [6.07, 6.45) is 0. The third-order valence-corrected chi connectivity index (χ3v) is 24.0. The zero-order valence-corrected chi connectivity index (χ0v) is 72.3. The van der Waals surface area contributed by atoms with E-state index in [4.69, 9.17) is 49.4 Å². The smallest absolute Gasteiger partial charge is 0.216 e. The second kappa shape index (κ2) is 32.8. The predicted octanol–water partition coefficient (Wildman–Crippen LogP) is 28.9. The van der Waals surface area contributed by atoms with Crippen molar-refractivity contribution >= 4 is 111 Å². The van der Waals surface area contributed by atoms with Gasteiger partial charge in [0.15, 0.2) is 45.5 Å². The summed E-state index contributed by atoms with van der Waals surface area (Å²) in [5.74, 6) is 0. The van der Waals surface area contributed by atoms with Crippen LogP contribution in [0.25, 0.3) is 197 Å². The van der Waals surface area contributed by atoms with Crippen LogP contribution in [0.3, 0.4) is 0 Å². The van der Waals surface area contributed by atoms with Crippen molar-refractivity contribution in [2.75, 3.05) is 0 Å². The molecule has 0 bridgehead atoms. The van der Waals surface area contributed by atoms with Gasteiger partial charge in [-0.1, -0.05) is 176 Å². The Morgan fingerprint density at radius 3 is 1.05 bits per heavy atom. The molecule has 0 fully saturated rings. The Hall–Kier alpha value is -15.6. The van der Waals surface area contributed by atoms with Crippen LogP contribution in [0, 0.1) is 109 Å². The molecule has 0 spiro atoms. The predicted molar refractivity (Wildman–Crippen MR) is 505 cm³/mol. The highest BCUT2D eigenvalue weighted by atomic mass is 16.3. The molecule has 12 aromatic carbocycles. The normalized spacial score (nSPS) is 11.6. The Balaban J connectivity index is 0.000000120. The van der Waals surface area contributed by atoms with Crippen molar-refractivity contribution in [3.05, 3.63) is 380 Å². The molecule has 0 radical (unpaired) electrons. The van der Waals surface area contributed by atoms with E-state index in [9.17, 15) is 0 Å². The van der Waals surface area contributed by atoms with Gasteiger partial charge in [-0.3, -0.25) is 0 Å². The average Bonchev–Trinajstić information content (AvgIpc) is 1.57. The first-order chi connectivity index (χ1) is 61.6. The average molecular weight is 1620 g/mol. The number of hydrogen-bond donors (Lipinski definition) is 0. The molecule has 0 N–H and O–H groups in total. The van der Waals surface area contributed by atoms with Crippen molar-refractivity contribution in [3.63, 3.8) is 0 Å². The van der Waals surface area contributed by atoms with Crippen molar-refractivity contribution in [1.29, 1.82) is 0 Å². The highest BCUT2D eigenvalue weighted by Crippen LogP contribution is 2.49. The molecule has 0 atom stereocenters. The maximum absolute atomic E-state index is 8.84. The summed E-state index contributed by atoms with van der Waals surface area (Å²) in [6, 6.07) is 82.8. The Morgan fingerprint density at radius 1 is 0.258 bits per heavy atom. The number of nitrogens with zero attached hydrogens (tertiary/aromatic N) is 8. The molecule has 12 heteroatoms. The summed E-state index contributed by atoms with van der Waals surface area (Å²) in [7, 11) is 7.98. The quantitative estimate of drug-likeness (QED) is 0.112. The number of aromatic nitrogens is 4. The van der Waals surface area contributed by atoms with Gasteiger partial charge in [0.1, 0.15) is 72.9 Å². The van der Waals surface area contributed by atoms with E-state index in [1.54, 1.807) is 6.07 Å². The molecule has 8 aromatic heterocycles. The number of fused-ring (bicyclic) bond motifs is 12. The summed E-state index contributed by atoms with van der Waals surface area (Å²) >= 11 is 0. The summed E-state index contributed by atoms with van der Waals surface area (Å²) in [4.78, 5) is 14.7. The van der Waals surface area contributed by atoms with Crippen molar-refractivity contribution in [2.24, 2.45) is 28.2 Å². The number of furan rings is 4. The first-order valence-corrected chi connectivity index (χ1v) is 41.2. The van der Waals surface area contributed by atoms with Crippen LogP contribution in [0.1, 0.15) is 72.8 Å². The number of benzene rings is 12. The molecule has 0 aliphatic rings. The molecule has 0 unspecified atom stereocenters. The van der Waals surface area contributed by atoms with E-state index in [-0.39, 0.29) is 0 Å². The Bertz CT molecular complexity index is 8160. The molecule has 124 heavy (non-hydrogen) atoms. The van der Waals surface area contributed by atoms with E-state index in [0.29, 0.717) is 80.4 Å². The monoisotopic (exact) mass is 1620 g/mol. The lowest BCUT2D eigenvalue weighted by Crippen LogP contribution is -2.35. The van der Waals surface area contributed by atoms with Crippen molar-refractivity contribution in [2.45, 2.75) is 83.1 Å². The summed E-state index contributed by atoms with van der Waals surface area (Å²) < 4.78 is 68.5. The lowest BCUT2D eigenvalue weighted by atomic mass is 9.92. The van der Waals surface area contributed by atoms with Gasteiger partial charge >= 0.3 is 0 Å². The fourth-order valence-electron chi connectivity index (χ4n) is 17.6. The maximum Gasteiger partial charge on any atom is 0.216 e. The molecule has 0 saturated carbocycles. The molecule has 600 valence electrons. The first kappa shape index (κ1) is 75.8. The molecule has 8 heterocycles. The highest BCUT2D eigenvalue weighted by Gasteiger charge is 2.30. The molecule has 20 aromatic rings. The number of aryl methyl sites for hydroxylation is 8. The van der Waals surface area contributed by atoms with E-state index in [1.165, 1.54) is 28.1 Å². The van der Waals surface area contributed by atoms with Crippen LogP contribution < -0.4 is 18.3 Å². The molecule has 12 nitrogen and oxygen atoms in total. The fourth-order valence-corrected chi connectivity index (χ4v) is 17.6. The topological polar surface area (TPSA) is 85.5 Å². The van der Waals surface area contributed by atoms with Crippen LogP contribution in [0.5, 0.6) is 0 Å². The van der Waals surface area contributed by atoms with Crippen LogP contribution in [0.4, 0.5) is 22.7 Å². The molecular weight excluding hydrogens is 1520 g/mol. The third-order valence-electron chi connectivity index (χ3n) is 24.0. The van der Waals surface area contributed by atoms with E-state index in [2.05, 4.69) is 187 Å². The standard InChI is InChI=1S/4C28H23N2O/c1-17-13-19(3)30(5)24(14-17)26-18(2)15-23(20-9-7-6-8-10-20)27-22-12-11-21(29-4)16-25(22)31-28(26)27;2*1-17-13-19(3)30(5)24(14-17)26-18(2)11-12-22-27-23(20-9-7-6-8-10-20)15-21(29-4)16-25(27)31-28(22)26;1-17-13-19(3)30(5)25(14-17)27-18(2)11-12-21-23-15-22(20-9-7-6-8-10-20)24(29-4)16-26(23)31-28(21)27/h4*6-16H,1-3,5H3/q4*+1/i;13D,14D;;13D,14D. The first-order valence-electron chi connectivity index (χ1n) is 43.2. The van der Waals surface area contributed by atoms with E-state index >= 15 is 0 Å². The lowest BCUT2D eigenvalue weighted by Gasteiger charge is -2.12. The van der Waals surface area contributed by atoms with Crippen LogP contribution in [-0.2, 0) is 28.2 Å². The van der Waals surface area contributed by atoms with Gasteiger partial charge in [0.2, 0.25) is 22.8 Å². The van der Waals surface area contributed by atoms with Crippen LogP contribution in [0.15, 0.2) is 284 Å². The second-order valence-corrected chi connectivity index (χ2v) is 32.3. The second-order valence-electron chi connectivity index (χ2n) is 32.3. The van der Waals surface area contributed by atoms with Crippen LogP contribution in [0.2, 0.25) is 0 Å². The van der Waals surface area contributed by atoms with E-state index in [1.807, 2.05) is 198 Å². The summed E-state index contributed by atoms with van der Waals surface area (Å²) in [5.41, 5.74) is 36.1. The Kier molecular flexibility index (Phi) is 20.1. The SMILES string of the molecule is [2H]c1c(C)c([2H])c(-c2c(C)ccc3c2oc2cc([N+]#[C-])c(-c4ccccc4)cc23)[n+](C)c1C.[2H]c1c(C)c([2H])c(-c2c(C)ccc3c2oc2cc([N+]#[C-])cc(-c4ccccc4)c23)[n+](C)c1C.[C-]#[N+]c1cc(-c2ccccc2)c2c(c1)oc1c(-c3cc(C)cc(C)[n+]3C)c(C)ccc12.[C-]#[N+]c1ccc2c(c1)oc1c(-c3cc(C)cc(C)[n+]3C)c(C)cc(-c3ccccc3)c12. The minimum atomic E-state index is 0.328. The van der Waals surface area contributed by atoms with Gasteiger partial charge in [0.05, 0.1) is 54.0 Å². The van der Waals surface area contributed by atoms with Crippen molar-refractivity contribution in [3.8, 4) is 89.5 Å². The number of pyridine rings is 4. The van der Waals surface area contributed by atoms with Gasteiger partial charge in [0.25, 0.3) is 0 Å². The van der Waals surface area contributed by atoms with E-state index < -0.39 is 0 Å². The molecular formula is C112H92N8O4+4. The van der Waals surface area contributed by atoms with Gasteiger partial charge in [-0.15, -0.1) is 0 Å². The van der Waals surface area contributed by atoms with E-state index in [0.717, 1.165) is 183 Å². The zero-order chi connectivity index (χ0) is 90.3. The Morgan fingerprint density at radius 2 is 0.613 bits per heavy atom. The van der Waals surface area contributed by atoms with Gasteiger partial charge in [-0.25, -0.2) is 19.4 Å². The summed E-state index contributed by atoms with van der Waals surface area (Å²) in [6.45, 7) is 54.5. The Labute approximate surface area is 728 Å². The minimum Gasteiger partial charge on any atom is -0.456 e. The maximum atomic E-state index is 8.84. The molecule has 0 amide bonds.